The smallest absolute Gasteiger partial charge is 0.113 e. The molecule has 0 aliphatic carbocycles. The fourth-order valence-electron chi connectivity index (χ4n) is 1.03. The van der Waals surface area contributed by atoms with Gasteiger partial charge in [0.1, 0.15) is 7.85 Å². The van der Waals surface area contributed by atoms with Gasteiger partial charge in [0, 0.05) is 17.0 Å². The highest BCUT2D eigenvalue weighted by atomic mass is 14.6. The third-order valence-electron chi connectivity index (χ3n) is 1.76. The van der Waals surface area contributed by atoms with Crippen LogP contribution in [0.15, 0.2) is 18.2 Å². The minimum absolute atomic E-state index is 0.528. The molecule has 0 aliphatic heterocycles. The zero-order valence-electron chi connectivity index (χ0n) is 7.09. The third-order valence-corrected chi connectivity index (χ3v) is 1.76. The molecular formula is C9H11BN2. The van der Waals surface area contributed by atoms with Gasteiger partial charge >= 0.3 is 0 Å². The first-order chi connectivity index (χ1) is 5.65. The van der Waals surface area contributed by atoms with Gasteiger partial charge in [-0.2, -0.15) is 0 Å². The molecule has 0 unspecified atom stereocenters. The van der Waals surface area contributed by atoms with E-state index in [4.69, 9.17) is 19.0 Å². The lowest BCUT2D eigenvalue weighted by Crippen LogP contribution is -2.09. The summed E-state index contributed by atoms with van der Waals surface area (Å²) in [5.74, 6) is 0. The molecule has 0 amide bonds. The summed E-state index contributed by atoms with van der Waals surface area (Å²) < 4.78 is 0. The predicted molar refractivity (Wildman–Crippen MR) is 53.4 cm³/mol. The van der Waals surface area contributed by atoms with Crippen molar-refractivity contribution >= 4 is 24.7 Å². The number of hydrogen-bond acceptors (Lipinski definition) is 2. The second kappa shape index (κ2) is 3.43. The van der Waals surface area contributed by atoms with Crippen LogP contribution in [0.25, 0.3) is 0 Å². The number of benzene rings is 1. The van der Waals surface area contributed by atoms with Crippen LogP contribution in [0, 0.1) is 5.41 Å². The lowest BCUT2D eigenvalue weighted by molar-refractivity contribution is 1.24. The number of rotatable bonds is 2. The molecule has 3 N–H and O–H groups in total. The topological polar surface area (TPSA) is 49.9 Å². The van der Waals surface area contributed by atoms with Gasteiger partial charge in [-0.05, 0) is 12.5 Å². The lowest BCUT2D eigenvalue weighted by atomic mass is 9.92. The minimum atomic E-state index is 0.528. The van der Waals surface area contributed by atoms with Crippen molar-refractivity contribution in [3.05, 3.63) is 23.8 Å². The van der Waals surface area contributed by atoms with E-state index < -0.39 is 0 Å². The van der Waals surface area contributed by atoms with Crippen LogP contribution in [-0.2, 0) is 0 Å². The lowest BCUT2D eigenvalue weighted by Gasteiger charge is -2.06. The Morgan fingerprint density at radius 2 is 2.25 bits per heavy atom. The van der Waals surface area contributed by atoms with Crippen molar-refractivity contribution in [2.45, 2.75) is 13.3 Å². The van der Waals surface area contributed by atoms with Crippen molar-refractivity contribution in [3.63, 3.8) is 0 Å². The predicted octanol–water partition coefficient (Wildman–Crippen LogP) is 0.840. The molecule has 0 saturated heterocycles. The van der Waals surface area contributed by atoms with Crippen LogP contribution in [-0.4, -0.2) is 13.6 Å². The molecule has 60 valence electrons. The molecule has 2 nitrogen and oxygen atoms in total. The minimum Gasteiger partial charge on any atom is -0.398 e. The Kier molecular flexibility index (Phi) is 2.53. The van der Waals surface area contributed by atoms with Crippen LogP contribution in [0.3, 0.4) is 0 Å². The highest BCUT2D eigenvalue weighted by molar-refractivity contribution is 6.33. The molecule has 0 aliphatic rings. The number of nitrogens with two attached hydrogens (primary N) is 1. The van der Waals surface area contributed by atoms with Crippen molar-refractivity contribution in [2.75, 3.05) is 5.73 Å². The van der Waals surface area contributed by atoms with Crippen molar-refractivity contribution < 1.29 is 0 Å². The first kappa shape index (κ1) is 8.85. The molecule has 0 bridgehead atoms. The summed E-state index contributed by atoms with van der Waals surface area (Å²) in [4.78, 5) is 0. The molecule has 0 spiro atoms. The number of anilines is 1. The van der Waals surface area contributed by atoms with Crippen molar-refractivity contribution in [1.29, 1.82) is 5.41 Å². The second-order valence-corrected chi connectivity index (χ2v) is 2.68. The normalized spacial score (nSPS) is 9.75. The van der Waals surface area contributed by atoms with Gasteiger partial charge in [0.15, 0.2) is 0 Å². The Hall–Kier alpha value is -1.25. The molecule has 1 aromatic rings. The Labute approximate surface area is 73.7 Å². The highest BCUT2D eigenvalue weighted by Gasteiger charge is 2.02. The molecule has 2 radical (unpaired) electrons. The largest absolute Gasteiger partial charge is 0.398 e. The van der Waals surface area contributed by atoms with Crippen LogP contribution < -0.4 is 11.2 Å². The molecule has 1 rings (SSSR count). The van der Waals surface area contributed by atoms with Gasteiger partial charge in [-0.3, -0.25) is 0 Å². The average molecular weight is 158 g/mol. The first-order valence-electron chi connectivity index (χ1n) is 3.88. The summed E-state index contributed by atoms with van der Waals surface area (Å²) in [5.41, 5.74) is 8.22. The van der Waals surface area contributed by atoms with Gasteiger partial charge < -0.3 is 11.1 Å². The van der Waals surface area contributed by atoms with Gasteiger partial charge in [-0.1, -0.05) is 24.5 Å². The number of nitrogen functional groups attached to an aromatic ring is 1. The number of nitrogens with one attached hydrogen (secondary N) is 1. The van der Waals surface area contributed by atoms with Crippen LogP contribution in [0.5, 0.6) is 0 Å². The summed E-state index contributed by atoms with van der Waals surface area (Å²) in [6.07, 6.45) is 0.674. The molecular weight excluding hydrogens is 147 g/mol. The van der Waals surface area contributed by atoms with Gasteiger partial charge in [-0.15, -0.1) is 0 Å². The molecule has 12 heavy (non-hydrogen) atoms. The SMILES string of the molecule is [B]c1ccc(N)c(C(=N)CC)c1. The van der Waals surface area contributed by atoms with Crippen LogP contribution in [0.2, 0.25) is 0 Å². The summed E-state index contributed by atoms with van der Waals surface area (Å²) in [5, 5.41) is 7.58. The molecule has 3 heteroatoms. The van der Waals surface area contributed by atoms with E-state index in [9.17, 15) is 0 Å². The first-order valence-corrected chi connectivity index (χ1v) is 3.88. The van der Waals surface area contributed by atoms with E-state index in [1.165, 1.54) is 0 Å². The maximum absolute atomic E-state index is 7.58. The van der Waals surface area contributed by atoms with Crippen LogP contribution >= 0.6 is 0 Å². The third kappa shape index (κ3) is 1.67. The van der Waals surface area contributed by atoms with E-state index in [0.717, 1.165) is 5.56 Å². The maximum atomic E-state index is 7.58. The quantitative estimate of drug-likeness (QED) is 0.374. The van der Waals surface area contributed by atoms with E-state index in [2.05, 4.69) is 0 Å². The Bertz CT molecular complexity index is 307. The van der Waals surface area contributed by atoms with Gasteiger partial charge in [0.2, 0.25) is 0 Å². The van der Waals surface area contributed by atoms with Crippen molar-refractivity contribution in [3.8, 4) is 0 Å². The fourth-order valence-corrected chi connectivity index (χ4v) is 1.03. The van der Waals surface area contributed by atoms with E-state index >= 15 is 0 Å². The molecule has 0 aromatic heterocycles. The van der Waals surface area contributed by atoms with Gasteiger partial charge in [-0.25, -0.2) is 0 Å². The molecule has 0 saturated carbocycles. The molecule has 0 heterocycles. The molecule has 1 aromatic carbocycles. The average Bonchev–Trinajstić information content (AvgIpc) is 2.08. The Morgan fingerprint density at radius 3 is 2.83 bits per heavy atom. The molecule has 0 atom stereocenters. The maximum Gasteiger partial charge on any atom is 0.113 e. The summed E-state index contributed by atoms with van der Waals surface area (Å²) in [6.45, 7) is 1.92. The fraction of sp³-hybridized carbons (Fsp3) is 0.222. The van der Waals surface area contributed by atoms with E-state index in [-0.39, 0.29) is 0 Å². The number of hydrogen-bond donors (Lipinski definition) is 2. The van der Waals surface area contributed by atoms with Crippen LogP contribution in [0.4, 0.5) is 5.69 Å². The zero-order chi connectivity index (χ0) is 9.14. The Balaban J connectivity index is 3.13. The van der Waals surface area contributed by atoms with Crippen molar-refractivity contribution in [2.24, 2.45) is 0 Å². The Morgan fingerprint density at radius 1 is 1.58 bits per heavy atom. The summed E-state index contributed by atoms with van der Waals surface area (Å²) in [7, 11) is 5.57. The second-order valence-electron chi connectivity index (χ2n) is 2.68. The van der Waals surface area contributed by atoms with Gasteiger partial charge in [0.05, 0.1) is 0 Å². The zero-order valence-corrected chi connectivity index (χ0v) is 7.09. The summed E-state index contributed by atoms with van der Waals surface area (Å²) >= 11 is 0. The van der Waals surface area contributed by atoms with E-state index in [0.29, 0.717) is 23.3 Å². The standard InChI is InChI=1S/C9H11BN2/c1-2-8(11)7-5-6(10)3-4-9(7)12/h3-5,11H,2,12H2,1H3. The van der Waals surface area contributed by atoms with Gasteiger partial charge in [0.25, 0.3) is 0 Å². The van der Waals surface area contributed by atoms with Crippen molar-refractivity contribution in [1.82, 2.24) is 0 Å². The van der Waals surface area contributed by atoms with E-state index in [1.807, 2.05) is 6.92 Å². The van der Waals surface area contributed by atoms with E-state index in [1.54, 1.807) is 18.2 Å². The highest BCUT2D eigenvalue weighted by Crippen LogP contribution is 2.10. The molecule has 0 fully saturated rings. The van der Waals surface area contributed by atoms with Crippen LogP contribution in [0.1, 0.15) is 18.9 Å². The summed E-state index contributed by atoms with van der Waals surface area (Å²) in [6, 6.07) is 5.21. The monoisotopic (exact) mass is 158 g/mol.